The first kappa shape index (κ1) is 20.5. The second-order valence-electron chi connectivity index (χ2n) is 6.12. The maximum atomic E-state index is 13.6. The summed E-state index contributed by atoms with van der Waals surface area (Å²) in [6.45, 7) is 2.05. The van der Waals surface area contributed by atoms with Crippen LogP contribution in [0.1, 0.15) is 25.3 Å². The normalized spacial score (nSPS) is 10.5. The number of aryl methyl sites for hydroxylation is 1. The maximum absolute atomic E-state index is 13.6. The van der Waals surface area contributed by atoms with Crippen LogP contribution in [0.2, 0.25) is 0 Å². The Morgan fingerprint density at radius 1 is 0.963 bits per heavy atom. The molecule has 2 aromatic carbocycles. The number of halogens is 3. The van der Waals surface area contributed by atoms with E-state index in [2.05, 4.69) is 5.32 Å². The monoisotopic (exact) mass is 378 g/mol. The average Bonchev–Trinajstić information content (AvgIpc) is 2.65. The highest BCUT2D eigenvalue weighted by atomic mass is 19.2. The molecule has 2 aromatic rings. The van der Waals surface area contributed by atoms with Gasteiger partial charge in [0.25, 0.3) is 0 Å². The van der Waals surface area contributed by atoms with Crippen LogP contribution in [-0.4, -0.2) is 29.8 Å². The number of nitrogens with zero attached hydrogens (tertiary/aromatic N) is 1. The molecule has 0 aliphatic carbocycles. The van der Waals surface area contributed by atoms with E-state index in [-0.39, 0.29) is 18.9 Å². The van der Waals surface area contributed by atoms with E-state index in [1.165, 1.54) is 11.8 Å². The number of carbonyl (C=O) groups is 2. The molecule has 0 bridgehead atoms. The van der Waals surface area contributed by atoms with Gasteiger partial charge >= 0.3 is 0 Å². The molecular weight excluding hydrogens is 357 g/mol. The maximum Gasteiger partial charge on any atom is 0.226 e. The number of amides is 2. The van der Waals surface area contributed by atoms with Crippen LogP contribution in [0.25, 0.3) is 0 Å². The minimum absolute atomic E-state index is 0.0800. The van der Waals surface area contributed by atoms with Crippen molar-refractivity contribution in [1.82, 2.24) is 4.90 Å². The van der Waals surface area contributed by atoms with Gasteiger partial charge < -0.3 is 10.2 Å². The number of anilines is 1. The lowest BCUT2D eigenvalue weighted by molar-refractivity contribution is -0.129. The van der Waals surface area contributed by atoms with E-state index in [4.69, 9.17) is 0 Å². The van der Waals surface area contributed by atoms with Crippen molar-refractivity contribution in [2.75, 3.05) is 18.4 Å². The largest absolute Gasteiger partial charge is 0.342 e. The first-order valence-electron chi connectivity index (χ1n) is 8.61. The molecule has 4 nitrogen and oxygen atoms in total. The van der Waals surface area contributed by atoms with Gasteiger partial charge in [-0.1, -0.05) is 30.3 Å². The zero-order valence-electron chi connectivity index (χ0n) is 15.0. The van der Waals surface area contributed by atoms with Crippen LogP contribution in [0.4, 0.5) is 18.9 Å². The topological polar surface area (TPSA) is 49.4 Å². The Bertz CT molecular complexity index is 797. The molecule has 0 radical (unpaired) electrons. The van der Waals surface area contributed by atoms with Gasteiger partial charge in [-0.2, -0.15) is 0 Å². The molecule has 1 N–H and O–H groups in total. The van der Waals surface area contributed by atoms with Gasteiger partial charge in [-0.05, 0) is 30.5 Å². The van der Waals surface area contributed by atoms with Crippen molar-refractivity contribution in [3.8, 4) is 0 Å². The average molecular weight is 378 g/mol. The third-order valence-corrected chi connectivity index (χ3v) is 4.10. The first-order valence-corrected chi connectivity index (χ1v) is 8.61. The summed E-state index contributed by atoms with van der Waals surface area (Å²) in [7, 11) is 0. The van der Waals surface area contributed by atoms with Crippen molar-refractivity contribution in [2.45, 2.75) is 26.2 Å². The number of benzene rings is 2. The van der Waals surface area contributed by atoms with Gasteiger partial charge in [0, 0.05) is 26.4 Å². The molecule has 0 fully saturated rings. The minimum atomic E-state index is -1.64. The molecular formula is C20H21F3N2O2. The molecule has 0 atom stereocenters. The first-order chi connectivity index (χ1) is 12.9. The van der Waals surface area contributed by atoms with E-state index in [0.29, 0.717) is 6.54 Å². The van der Waals surface area contributed by atoms with E-state index in [1.807, 2.05) is 30.3 Å². The fourth-order valence-corrected chi connectivity index (χ4v) is 2.62. The lowest BCUT2D eigenvalue weighted by atomic mass is 10.1. The number of nitrogens with one attached hydrogen (secondary N) is 1. The third-order valence-electron chi connectivity index (χ3n) is 4.10. The lowest BCUT2D eigenvalue weighted by Gasteiger charge is -2.21. The molecule has 0 spiro atoms. The molecule has 0 aliphatic heterocycles. The summed E-state index contributed by atoms with van der Waals surface area (Å²) in [6, 6.07) is 11.5. The summed E-state index contributed by atoms with van der Waals surface area (Å²) in [5, 5.41) is 2.20. The van der Waals surface area contributed by atoms with Crippen LogP contribution in [0.5, 0.6) is 0 Å². The van der Waals surface area contributed by atoms with Gasteiger partial charge in [0.2, 0.25) is 11.8 Å². The molecule has 0 aromatic heterocycles. The number of hydrogen-bond donors (Lipinski definition) is 1. The van der Waals surface area contributed by atoms with Crippen LogP contribution < -0.4 is 5.32 Å². The van der Waals surface area contributed by atoms with Crippen LogP contribution in [0.15, 0.2) is 42.5 Å². The smallest absolute Gasteiger partial charge is 0.226 e. The second kappa shape index (κ2) is 9.75. The summed E-state index contributed by atoms with van der Waals surface area (Å²) in [4.78, 5) is 25.2. The van der Waals surface area contributed by atoms with Gasteiger partial charge in [-0.3, -0.25) is 9.59 Å². The molecule has 0 unspecified atom stereocenters. The van der Waals surface area contributed by atoms with Crippen molar-refractivity contribution in [2.24, 2.45) is 0 Å². The van der Waals surface area contributed by atoms with Gasteiger partial charge in [0.15, 0.2) is 17.5 Å². The molecule has 7 heteroatoms. The summed E-state index contributed by atoms with van der Waals surface area (Å²) < 4.78 is 39.7. The molecule has 2 rings (SSSR count). The van der Waals surface area contributed by atoms with E-state index in [0.717, 1.165) is 30.5 Å². The Morgan fingerprint density at radius 2 is 1.67 bits per heavy atom. The minimum Gasteiger partial charge on any atom is -0.342 e. The van der Waals surface area contributed by atoms with Crippen LogP contribution in [0.3, 0.4) is 0 Å². The van der Waals surface area contributed by atoms with Crippen LogP contribution in [0, 0.1) is 17.5 Å². The summed E-state index contributed by atoms with van der Waals surface area (Å²) in [5.41, 5.74) is 0.727. The standard InChI is InChI=1S/C20H21F3N2O2/c1-14(26)25(12-5-8-15-6-3-2-4-7-15)13-11-18(27)24-17-10-9-16(21)19(22)20(17)23/h2-4,6-7,9-10H,5,8,11-13H2,1H3,(H,24,27). The highest BCUT2D eigenvalue weighted by molar-refractivity contribution is 5.91. The number of rotatable bonds is 8. The van der Waals surface area contributed by atoms with E-state index < -0.39 is 29.0 Å². The molecule has 0 saturated heterocycles. The zero-order chi connectivity index (χ0) is 19.8. The van der Waals surface area contributed by atoms with Crippen molar-refractivity contribution < 1.29 is 22.8 Å². The van der Waals surface area contributed by atoms with Gasteiger partial charge in [0.1, 0.15) is 0 Å². The van der Waals surface area contributed by atoms with Crippen LogP contribution in [-0.2, 0) is 16.0 Å². The fraction of sp³-hybridized carbons (Fsp3) is 0.300. The summed E-state index contributed by atoms with van der Waals surface area (Å²) in [6.07, 6.45) is 1.46. The van der Waals surface area contributed by atoms with E-state index in [9.17, 15) is 22.8 Å². The SMILES string of the molecule is CC(=O)N(CCCc1ccccc1)CCC(=O)Nc1ccc(F)c(F)c1F. The highest BCUT2D eigenvalue weighted by Crippen LogP contribution is 2.19. The van der Waals surface area contributed by atoms with Gasteiger partial charge in [0.05, 0.1) is 5.69 Å². The molecule has 27 heavy (non-hydrogen) atoms. The third kappa shape index (κ3) is 6.13. The van der Waals surface area contributed by atoms with Crippen molar-refractivity contribution in [3.63, 3.8) is 0 Å². The van der Waals surface area contributed by atoms with Crippen molar-refractivity contribution in [1.29, 1.82) is 0 Å². The Kier molecular flexibility index (Phi) is 7.40. The summed E-state index contributed by atoms with van der Waals surface area (Å²) in [5.74, 6) is -5.18. The zero-order valence-corrected chi connectivity index (χ0v) is 15.0. The molecule has 0 heterocycles. The van der Waals surface area contributed by atoms with Crippen molar-refractivity contribution in [3.05, 3.63) is 65.5 Å². The summed E-state index contributed by atoms with van der Waals surface area (Å²) >= 11 is 0. The highest BCUT2D eigenvalue weighted by Gasteiger charge is 2.16. The quantitative estimate of drug-likeness (QED) is 0.708. The van der Waals surface area contributed by atoms with Gasteiger partial charge in [-0.15, -0.1) is 0 Å². The Balaban J connectivity index is 1.83. The van der Waals surface area contributed by atoms with Crippen molar-refractivity contribution >= 4 is 17.5 Å². The van der Waals surface area contributed by atoms with E-state index in [1.54, 1.807) is 0 Å². The molecule has 0 aliphatic rings. The number of carbonyl (C=O) groups excluding carboxylic acids is 2. The van der Waals surface area contributed by atoms with Gasteiger partial charge in [-0.25, -0.2) is 13.2 Å². The number of hydrogen-bond acceptors (Lipinski definition) is 2. The molecule has 144 valence electrons. The van der Waals surface area contributed by atoms with Crippen LogP contribution >= 0.6 is 0 Å². The molecule has 0 saturated carbocycles. The lowest BCUT2D eigenvalue weighted by Crippen LogP contribution is -2.33. The Hall–Kier alpha value is -2.83. The fourth-order valence-electron chi connectivity index (χ4n) is 2.62. The Labute approximate surface area is 156 Å². The predicted molar refractivity (Wildman–Crippen MR) is 96.6 cm³/mol. The van der Waals surface area contributed by atoms with E-state index >= 15 is 0 Å². The second-order valence-corrected chi connectivity index (χ2v) is 6.12. The predicted octanol–water partition coefficient (Wildman–Crippen LogP) is 3.91. The Morgan fingerprint density at radius 3 is 2.33 bits per heavy atom. The molecule has 2 amide bonds.